The van der Waals surface area contributed by atoms with Gasteiger partial charge in [0.05, 0.1) is 38.5 Å². The van der Waals surface area contributed by atoms with Crippen LogP contribution < -0.4 is 19.6 Å². The molecule has 0 saturated carbocycles. The maximum atomic E-state index is 13.8. The van der Waals surface area contributed by atoms with Crippen molar-refractivity contribution in [1.82, 2.24) is 4.57 Å². The van der Waals surface area contributed by atoms with Crippen molar-refractivity contribution in [2.24, 2.45) is 4.99 Å². The molecule has 42 heavy (non-hydrogen) atoms. The molecule has 2 heterocycles. The van der Waals surface area contributed by atoms with Gasteiger partial charge in [0, 0.05) is 0 Å². The summed E-state index contributed by atoms with van der Waals surface area (Å²) in [6.45, 7) is 8.37. The van der Waals surface area contributed by atoms with Crippen LogP contribution >= 0.6 is 34.5 Å². The average Bonchev–Trinajstić information content (AvgIpc) is 3.27. The summed E-state index contributed by atoms with van der Waals surface area (Å²) in [6, 6.07) is 20.3. The Balaban J connectivity index is 1.48. The van der Waals surface area contributed by atoms with Gasteiger partial charge < -0.3 is 9.47 Å². The minimum absolute atomic E-state index is 0.217. The fraction of sp³-hybridized carbons (Fsp3) is 0.242. The van der Waals surface area contributed by atoms with E-state index in [4.69, 9.17) is 32.7 Å². The lowest BCUT2D eigenvalue weighted by atomic mass is 9.93. The third-order valence-corrected chi connectivity index (χ3v) is 8.73. The number of aromatic nitrogens is 1. The Hall–Kier alpha value is -3.65. The zero-order chi connectivity index (χ0) is 30.0. The summed E-state index contributed by atoms with van der Waals surface area (Å²) in [4.78, 5) is 32.2. The molecule has 4 aromatic rings. The predicted octanol–water partition coefficient (Wildman–Crippen LogP) is 6.81. The number of nitrogens with zero attached hydrogens (tertiary/aromatic N) is 2. The van der Waals surface area contributed by atoms with E-state index >= 15 is 0 Å². The molecule has 0 bridgehead atoms. The van der Waals surface area contributed by atoms with Crippen LogP contribution in [0.5, 0.6) is 5.75 Å². The predicted molar refractivity (Wildman–Crippen MR) is 168 cm³/mol. The van der Waals surface area contributed by atoms with Crippen LogP contribution in [0.25, 0.3) is 6.08 Å². The number of hydrogen-bond donors (Lipinski definition) is 0. The molecule has 0 aliphatic carbocycles. The molecule has 216 valence electrons. The lowest BCUT2D eigenvalue weighted by molar-refractivity contribution is -0.139. The van der Waals surface area contributed by atoms with E-state index in [1.54, 1.807) is 30.5 Å². The molecular formula is C33H30Cl2N2O4S. The van der Waals surface area contributed by atoms with Crippen molar-refractivity contribution in [2.75, 3.05) is 6.61 Å². The van der Waals surface area contributed by atoms with Crippen molar-refractivity contribution in [2.45, 2.75) is 46.3 Å². The Morgan fingerprint density at radius 3 is 2.40 bits per heavy atom. The second-order valence-electron chi connectivity index (χ2n) is 10.2. The fourth-order valence-electron chi connectivity index (χ4n) is 4.78. The van der Waals surface area contributed by atoms with E-state index in [-0.39, 0.29) is 12.2 Å². The van der Waals surface area contributed by atoms with Gasteiger partial charge in [-0.3, -0.25) is 9.36 Å². The van der Waals surface area contributed by atoms with Gasteiger partial charge in [-0.2, -0.15) is 0 Å². The highest BCUT2D eigenvalue weighted by molar-refractivity contribution is 7.07. The quantitative estimate of drug-likeness (QED) is 0.203. The van der Waals surface area contributed by atoms with Crippen molar-refractivity contribution in [3.8, 4) is 5.75 Å². The number of carbonyl (C=O) groups is 1. The zero-order valence-electron chi connectivity index (χ0n) is 23.7. The topological polar surface area (TPSA) is 69.9 Å². The number of allylic oxidation sites excluding steroid dienone is 1. The average molecular weight is 622 g/mol. The van der Waals surface area contributed by atoms with Gasteiger partial charge >= 0.3 is 5.97 Å². The van der Waals surface area contributed by atoms with E-state index in [1.165, 1.54) is 16.9 Å². The van der Waals surface area contributed by atoms with E-state index in [1.807, 2.05) is 60.7 Å². The molecule has 1 aromatic heterocycles. The van der Waals surface area contributed by atoms with Crippen LogP contribution in [-0.4, -0.2) is 17.1 Å². The number of fused-ring (bicyclic) bond motifs is 1. The highest BCUT2D eigenvalue weighted by atomic mass is 35.5. The minimum Gasteiger partial charge on any atom is -0.489 e. The van der Waals surface area contributed by atoms with Crippen molar-refractivity contribution in [3.63, 3.8) is 0 Å². The first-order valence-corrected chi connectivity index (χ1v) is 15.2. The number of halogens is 2. The van der Waals surface area contributed by atoms with Crippen LogP contribution in [0.4, 0.5) is 0 Å². The van der Waals surface area contributed by atoms with E-state index < -0.39 is 12.0 Å². The van der Waals surface area contributed by atoms with Crippen LogP contribution in [0.1, 0.15) is 61.9 Å². The van der Waals surface area contributed by atoms with Crippen molar-refractivity contribution >= 4 is 46.6 Å². The van der Waals surface area contributed by atoms with Gasteiger partial charge in [0.15, 0.2) is 4.80 Å². The molecule has 0 spiro atoms. The maximum Gasteiger partial charge on any atom is 0.338 e. The van der Waals surface area contributed by atoms with Gasteiger partial charge in [0.2, 0.25) is 0 Å². The van der Waals surface area contributed by atoms with Gasteiger partial charge in [-0.1, -0.05) is 90.9 Å². The monoisotopic (exact) mass is 620 g/mol. The Morgan fingerprint density at radius 1 is 1.05 bits per heavy atom. The fourth-order valence-corrected chi connectivity index (χ4v) is 6.15. The third-order valence-electron chi connectivity index (χ3n) is 7.00. The smallest absolute Gasteiger partial charge is 0.338 e. The summed E-state index contributed by atoms with van der Waals surface area (Å²) >= 11 is 13.4. The van der Waals surface area contributed by atoms with Crippen LogP contribution in [0.2, 0.25) is 10.0 Å². The van der Waals surface area contributed by atoms with Crippen LogP contribution in [0.3, 0.4) is 0 Å². The first-order chi connectivity index (χ1) is 20.2. The summed E-state index contributed by atoms with van der Waals surface area (Å²) in [7, 11) is 0. The summed E-state index contributed by atoms with van der Waals surface area (Å²) in [6.07, 6.45) is 1.83. The Bertz CT molecular complexity index is 1840. The summed E-state index contributed by atoms with van der Waals surface area (Å²) in [5, 5.41) is 0.978. The molecule has 0 unspecified atom stereocenters. The normalized spacial score (nSPS) is 15.0. The number of esters is 1. The summed E-state index contributed by atoms with van der Waals surface area (Å²) in [5.74, 6) is 0.567. The maximum absolute atomic E-state index is 13.8. The van der Waals surface area contributed by atoms with E-state index in [9.17, 15) is 9.59 Å². The van der Waals surface area contributed by atoms with Gasteiger partial charge in [-0.15, -0.1) is 0 Å². The zero-order valence-corrected chi connectivity index (χ0v) is 26.0. The third kappa shape index (κ3) is 6.24. The van der Waals surface area contributed by atoms with E-state index in [0.29, 0.717) is 48.9 Å². The first kappa shape index (κ1) is 29.8. The second-order valence-corrected chi connectivity index (χ2v) is 12.1. The van der Waals surface area contributed by atoms with Crippen molar-refractivity contribution in [1.29, 1.82) is 0 Å². The number of rotatable bonds is 8. The number of carbonyl (C=O) groups excluding carboxylic acids is 1. The summed E-state index contributed by atoms with van der Waals surface area (Å²) < 4.78 is 13.4. The number of hydrogen-bond acceptors (Lipinski definition) is 6. The highest BCUT2D eigenvalue weighted by Crippen LogP contribution is 2.31. The van der Waals surface area contributed by atoms with Gasteiger partial charge in [0.1, 0.15) is 12.4 Å². The number of ether oxygens (including phenoxy) is 2. The van der Waals surface area contributed by atoms with E-state index in [2.05, 4.69) is 18.8 Å². The number of thiazole rings is 1. The Kier molecular flexibility index (Phi) is 9.02. The van der Waals surface area contributed by atoms with Crippen LogP contribution in [0.15, 0.2) is 87.8 Å². The molecule has 0 N–H and O–H groups in total. The van der Waals surface area contributed by atoms with Crippen molar-refractivity contribution in [3.05, 3.63) is 130 Å². The molecule has 0 radical (unpaired) electrons. The van der Waals surface area contributed by atoms with Crippen LogP contribution in [-0.2, 0) is 16.1 Å². The van der Waals surface area contributed by atoms with E-state index in [0.717, 1.165) is 16.7 Å². The molecule has 0 saturated heterocycles. The molecule has 5 rings (SSSR count). The SMILES string of the molecule is CCOC(=O)C1=C(C)N=c2s/c(=C\c3ccc(OCc4ccc(Cl)c(Cl)c4)cc3)c(=O)n2[C@@H]1c1ccc(C(C)C)cc1. The molecule has 0 amide bonds. The molecule has 1 atom stereocenters. The second kappa shape index (κ2) is 12.7. The Morgan fingerprint density at radius 2 is 1.76 bits per heavy atom. The van der Waals surface area contributed by atoms with Gasteiger partial charge in [0.25, 0.3) is 5.56 Å². The largest absolute Gasteiger partial charge is 0.489 e. The van der Waals surface area contributed by atoms with Crippen molar-refractivity contribution < 1.29 is 14.3 Å². The molecular weight excluding hydrogens is 591 g/mol. The molecule has 1 aliphatic heterocycles. The van der Waals surface area contributed by atoms with Gasteiger partial charge in [-0.05, 0) is 72.4 Å². The lowest BCUT2D eigenvalue weighted by Crippen LogP contribution is -2.39. The lowest BCUT2D eigenvalue weighted by Gasteiger charge is -2.25. The minimum atomic E-state index is -0.638. The number of benzene rings is 3. The molecule has 3 aromatic carbocycles. The Labute approximate surface area is 258 Å². The van der Waals surface area contributed by atoms with Gasteiger partial charge in [-0.25, -0.2) is 9.79 Å². The highest BCUT2D eigenvalue weighted by Gasteiger charge is 2.33. The summed E-state index contributed by atoms with van der Waals surface area (Å²) in [5.41, 5.74) is 4.44. The first-order valence-electron chi connectivity index (χ1n) is 13.6. The molecule has 6 nitrogen and oxygen atoms in total. The molecule has 0 fully saturated rings. The standard InChI is InChI=1S/C33H30Cl2N2O4S/c1-5-40-32(39)29-20(4)36-33-37(30(29)24-11-9-23(10-12-24)19(2)3)31(38)28(42-33)17-21-6-13-25(14-7-21)41-18-22-8-15-26(34)27(35)16-22/h6-17,19,30H,5,18H2,1-4H3/b28-17-/t30-/m1/s1. The van der Waals surface area contributed by atoms with Crippen LogP contribution in [0, 0.1) is 0 Å². The molecule has 9 heteroatoms. The molecule has 1 aliphatic rings.